The molecule has 0 spiro atoms. The second-order valence-electron chi connectivity index (χ2n) is 3.55. The molecule has 0 aliphatic heterocycles. The number of carbonyl (C=O) groups is 1. The molecule has 0 radical (unpaired) electrons. The first-order valence-electron chi connectivity index (χ1n) is 4.79. The summed E-state index contributed by atoms with van der Waals surface area (Å²) in [6, 6.07) is 7.61. The molecule has 5 nitrogen and oxygen atoms in total. The van der Waals surface area contributed by atoms with Crippen molar-refractivity contribution in [1.82, 2.24) is 9.78 Å². The summed E-state index contributed by atoms with van der Waals surface area (Å²) in [5.41, 5.74) is 13.5. The number of nitrogens with two attached hydrogens (primary N) is 2. The van der Waals surface area contributed by atoms with E-state index in [0.29, 0.717) is 6.29 Å². The zero-order valence-corrected chi connectivity index (χ0v) is 8.84. The molecule has 1 heterocycles. The van der Waals surface area contributed by atoms with E-state index in [9.17, 15) is 4.79 Å². The Kier molecular flexibility index (Phi) is 2.36. The zero-order valence-electron chi connectivity index (χ0n) is 8.84. The van der Waals surface area contributed by atoms with E-state index in [1.54, 1.807) is 0 Å². The normalized spacial score (nSPS) is 10.3. The maximum Gasteiger partial charge on any atom is 0.158 e. The Bertz CT molecular complexity index is 528. The van der Waals surface area contributed by atoms with Crippen LogP contribution in [-0.2, 0) is 0 Å². The Balaban J connectivity index is 2.56. The van der Waals surface area contributed by atoms with Gasteiger partial charge in [-0.3, -0.25) is 4.79 Å². The van der Waals surface area contributed by atoms with Gasteiger partial charge in [0.25, 0.3) is 0 Å². The topological polar surface area (TPSA) is 86.9 Å². The lowest BCUT2D eigenvalue weighted by Gasteiger charge is -2.03. The van der Waals surface area contributed by atoms with Crippen LogP contribution >= 0.6 is 0 Å². The molecule has 0 bridgehead atoms. The summed E-state index contributed by atoms with van der Waals surface area (Å²) in [4.78, 5) is 10.7. The molecular weight excluding hydrogens is 204 g/mol. The van der Waals surface area contributed by atoms with E-state index < -0.39 is 0 Å². The van der Waals surface area contributed by atoms with Gasteiger partial charge in [0.1, 0.15) is 11.4 Å². The van der Waals surface area contributed by atoms with E-state index >= 15 is 0 Å². The molecule has 0 unspecified atom stereocenters. The number of hydrogen-bond acceptors (Lipinski definition) is 4. The highest BCUT2D eigenvalue weighted by molar-refractivity contribution is 5.88. The largest absolute Gasteiger partial charge is 0.383 e. The van der Waals surface area contributed by atoms with Crippen molar-refractivity contribution in [2.75, 3.05) is 11.5 Å². The lowest BCUT2D eigenvalue weighted by atomic mass is 10.2. The molecule has 0 saturated heterocycles. The standard InChI is InChI=1S/C11H12N4O/c1-7-2-4-8(5-3-7)15-11(13)9(6-16)10(12)14-15/h2-6H,13H2,1H3,(H2,12,14). The van der Waals surface area contributed by atoms with Gasteiger partial charge >= 0.3 is 0 Å². The van der Waals surface area contributed by atoms with Gasteiger partial charge < -0.3 is 11.5 Å². The molecule has 0 aliphatic rings. The highest BCUT2D eigenvalue weighted by atomic mass is 16.1. The van der Waals surface area contributed by atoms with Crippen LogP contribution in [-0.4, -0.2) is 16.1 Å². The molecule has 0 fully saturated rings. The first kappa shape index (κ1) is 10.2. The lowest BCUT2D eigenvalue weighted by molar-refractivity contribution is 0.112. The van der Waals surface area contributed by atoms with E-state index in [0.717, 1.165) is 11.3 Å². The molecule has 0 amide bonds. The fourth-order valence-electron chi connectivity index (χ4n) is 1.46. The molecule has 1 aromatic carbocycles. The van der Waals surface area contributed by atoms with Crippen molar-refractivity contribution in [2.45, 2.75) is 6.92 Å². The van der Waals surface area contributed by atoms with E-state index in [-0.39, 0.29) is 17.2 Å². The molecule has 0 aliphatic carbocycles. The Morgan fingerprint density at radius 2 is 1.88 bits per heavy atom. The smallest absolute Gasteiger partial charge is 0.158 e. The van der Waals surface area contributed by atoms with Gasteiger partial charge in [0, 0.05) is 0 Å². The number of aryl methyl sites for hydroxylation is 1. The van der Waals surface area contributed by atoms with E-state index in [2.05, 4.69) is 5.10 Å². The number of rotatable bonds is 2. The average Bonchev–Trinajstić information content (AvgIpc) is 2.55. The molecule has 16 heavy (non-hydrogen) atoms. The summed E-state index contributed by atoms with van der Waals surface area (Å²) in [5, 5.41) is 4.02. The van der Waals surface area contributed by atoms with Crippen LogP contribution in [0.2, 0.25) is 0 Å². The fourth-order valence-corrected chi connectivity index (χ4v) is 1.46. The molecule has 1 aromatic heterocycles. The molecule has 2 aromatic rings. The summed E-state index contributed by atoms with van der Waals surface area (Å²) in [7, 11) is 0. The maximum absolute atomic E-state index is 10.7. The molecule has 82 valence electrons. The van der Waals surface area contributed by atoms with Gasteiger partial charge in [0.2, 0.25) is 0 Å². The maximum atomic E-state index is 10.7. The van der Waals surface area contributed by atoms with Crippen LogP contribution in [0.15, 0.2) is 24.3 Å². The van der Waals surface area contributed by atoms with E-state index in [1.807, 2.05) is 31.2 Å². The van der Waals surface area contributed by atoms with Crippen molar-refractivity contribution in [1.29, 1.82) is 0 Å². The Hall–Kier alpha value is -2.30. The highest BCUT2D eigenvalue weighted by Gasteiger charge is 2.13. The van der Waals surface area contributed by atoms with Crippen LogP contribution < -0.4 is 11.5 Å². The summed E-state index contributed by atoms with van der Waals surface area (Å²) >= 11 is 0. The number of anilines is 2. The van der Waals surface area contributed by atoms with Crippen molar-refractivity contribution in [3.8, 4) is 5.69 Å². The number of carbonyl (C=O) groups excluding carboxylic acids is 1. The third-order valence-corrected chi connectivity index (χ3v) is 2.38. The minimum atomic E-state index is 0.146. The quantitative estimate of drug-likeness (QED) is 0.737. The Morgan fingerprint density at radius 3 is 2.38 bits per heavy atom. The number of aromatic nitrogens is 2. The van der Waals surface area contributed by atoms with Crippen molar-refractivity contribution >= 4 is 17.9 Å². The monoisotopic (exact) mass is 216 g/mol. The van der Waals surface area contributed by atoms with Crippen molar-refractivity contribution < 1.29 is 4.79 Å². The molecule has 2 rings (SSSR count). The Morgan fingerprint density at radius 1 is 1.25 bits per heavy atom. The van der Waals surface area contributed by atoms with Gasteiger partial charge in [-0.15, -0.1) is 5.10 Å². The van der Waals surface area contributed by atoms with E-state index in [1.165, 1.54) is 4.68 Å². The van der Waals surface area contributed by atoms with E-state index in [4.69, 9.17) is 11.5 Å². The van der Waals surface area contributed by atoms with Gasteiger partial charge in [-0.2, -0.15) is 0 Å². The number of hydrogen-bond donors (Lipinski definition) is 2. The van der Waals surface area contributed by atoms with Crippen molar-refractivity contribution in [3.05, 3.63) is 35.4 Å². The number of nitrogen functional groups attached to an aromatic ring is 2. The van der Waals surface area contributed by atoms with Crippen LogP contribution in [0.3, 0.4) is 0 Å². The van der Waals surface area contributed by atoms with Gasteiger partial charge in [0.05, 0.1) is 5.69 Å². The Labute approximate surface area is 92.7 Å². The molecule has 5 heteroatoms. The third-order valence-electron chi connectivity index (χ3n) is 2.38. The summed E-state index contributed by atoms with van der Waals surface area (Å²) < 4.78 is 1.46. The van der Waals surface area contributed by atoms with Gasteiger partial charge in [-0.25, -0.2) is 4.68 Å². The van der Waals surface area contributed by atoms with Crippen LogP contribution in [0, 0.1) is 6.92 Å². The summed E-state index contributed by atoms with van der Waals surface area (Å²) in [6.07, 6.45) is 0.613. The average molecular weight is 216 g/mol. The SMILES string of the molecule is Cc1ccc(-n2nc(N)c(C=O)c2N)cc1. The number of nitrogens with zero attached hydrogens (tertiary/aromatic N) is 2. The van der Waals surface area contributed by atoms with Crippen LogP contribution in [0.5, 0.6) is 0 Å². The molecule has 0 saturated carbocycles. The van der Waals surface area contributed by atoms with Gasteiger partial charge in [0.15, 0.2) is 12.1 Å². The highest BCUT2D eigenvalue weighted by Crippen LogP contribution is 2.21. The number of aldehydes is 1. The predicted molar refractivity (Wildman–Crippen MR) is 62.5 cm³/mol. The van der Waals surface area contributed by atoms with Crippen molar-refractivity contribution in [2.24, 2.45) is 0 Å². The van der Waals surface area contributed by atoms with Gasteiger partial charge in [-0.1, -0.05) is 17.7 Å². The van der Waals surface area contributed by atoms with Gasteiger partial charge in [-0.05, 0) is 19.1 Å². The van der Waals surface area contributed by atoms with Crippen LogP contribution in [0.25, 0.3) is 5.69 Å². The second-order valence-corrected chi connectivity index (χ2v) is 3.55. The van der Waals surface area contributed by atoms with Crippen LogP contribution in [0.1, 0.15) is 15.9 Å². The second kappa shape index (κ2) is 3.69. The fraction of sp³-hybridized carbons (Fsp3) is 0.0909. The minimum absolute atomic E-state index is 0.146. The third kappa shape index (κ3) is 1.52. The first-order chi connectivity index (χ1) is 7.63. The van der Waals surface area contributed by atoms with Crippen molar-refractivity contribution in [3.63, 3.8) is 0 Å². The summed E-state index contributed by atoms with van der Waals surface area (Å²) in [5.74, 6) is 0.407. The number of benzene rings is 1. The molecule has 4 N–H and O–H groups in total. The summed E-state index contributed by atoms with van der Waals surface area (Å²) in [6.45, 7) is 1.99. The molecular formula is C11H12N4O. The lowest BCUT2D eigenvalue weighted by Crippen LogP contribution is -2.02. The van der Waals surface area contributed by atoms with Crippen LogP contribution in [0.4, 0.5) is 11.6 Å². The minimum Gasteiger partial charge on any atom is -0.383 e. The predicted octanol–water partition coefficient (Wildman–Crippen LogP) is 1.16. The first-order valence-corrected chi connectivity index (χ1v) is 4.79. The zero-order chi connectivity index (χ0) is 11.7. The molecule has 0 atom stereocenters.